The van der Waals surface area contributed by atoms with Crippen LogP contribution >= 0.6 is 0 Å². The van der Waals surface area contributed by atoms with Crippen LogP contribution in [0.1, 0.15) is 37.5 Å². The molecule has 1 aromatic carbocycles. The smallest absolute Gasteiger partial charge is 0.149 e. The van der Waals surface area contributed by atoms with Gasteiger partial charge in [-0.25, -0.2) is 9.97 Å². The summed E-state index contributed by atoms with van der Waals surface area (Å²) >= 11 is 0. The molecule has 3 heterocycles. The average molecular weight is 451 g/mol. The van der Waals surface area contributed by atoms with Crippen LogP contribution in [0.2, 0.25) is 0 Å². The number of nitrogens with zero attached hydrogens (tertiary/aromatic N) is 4. The number of nitrogens with one attached hydrogen (secondary N) is 1. The molecule has 1 saturated heterocycles. The quantitative estimate of drug-likeness (QED) is 0.487. The molecule has 0 amide bonds. The number of hydrogen-bond donors (Lipinski definition) is 3. The molecular formula is C24H30N6O3. The molecule has 2 aliphatic rings. The first-order valence-corrected chi connectivity index (χ1v) is 11.6. The first-order chi connectivity index (χ1) is 16.2. The molecule has 2 aromatic heterocycles. The van der Waals surface area contributed by atoms with E-state index in [1.165, 1.54) is 0 Å². The zero-order valence-electron chi connectivity index (χ0n) is 18.6. The number of anilines is 2. The maximum atomic E-state index is 9.43. The van der Waals surface area contributed by atoms with Gasteiger partial charge in [0.2, 0.25) is 0 Å². The average Bonchev–Trinajstić information content (AvgIpc) is 2.86. The molecule has 9 nitrogen and oxygen atoms in total. The molecule has 1 atom stereocenters. The summed E-state index contributed by atoms with van der Waals surface area (Å²) in [7, 11) is 0. The van der Waals surface area contributed by atoms with Crippen molar-refractivity contribution in [2.24, 2.45) is 5.73 Å². The summed E-state index contributed by atoms with van der Waals surface area (Å²) in [5, 5.41) is 12.9. The number of nitrogens with two attached hydrogens (primary N) is 1. The molecule has 1 aliphatic heterocycles. The lowest BCUT2D eigenvalue weighted by Crippen LogP contribution is -2.36. The van der Waals surface area contributed by atoms with Crippen LogP contribution in [0.5, 0.6) is 5.75 Å². The molecule has 0 radical (unpaired) electrons. The Morgan fingerprint density at radius 1 is 1.06 bits per heavy atom. The van der Waals surface area contributed by atoms with Crippen molar-refractivity contribution in [3.05, 3.63) is 48.4 Å². The van der Waals surface area contributed by atoms with Crippen LogP contribution in [-0.2, 0) is 4.74 Å². The highest BCUT2D eigenvalue weighted by molar-refractivity contribution is 5.85. The lowest BCUT2D eigenvalue weighted by atomic mass is 9.93. The minimum Gasteiger partial charge on any atom is -0.488 e. The molecule has 1 saturated carbocycles. The van der Waals surface area contributed by atoms with Gasteiger partial charge in [0.1, 0.15) is 23.3 Å². The van der Waals surface area contributed by atoms with Crippen molar-refractivity contribution in [1.29, 1.82) is 0 Å². The van der Waals surface area contributed by atoms with E-state index in [0.29, 0.717) is 11.6 Å². The van der Waals surface area contributed by atoms with Crippen LogP contribution in [-0.4, -0.2) is 58.5 Å². The highest BCUT2D eigenvalue weighted by Crippen LogP contribution is 2.33. The van der Waals surface area contributed by atoms with Crippen LogP contribution < -0.4 is 20.7 Å². The monoisotopic (exact) mass is 450 g/mol. The fraction of sp³-hybridized carbons (Fsp3) is 0.458. The normalized spacial score (nSPS) is 22.2. The Balaban J connectivity index is 1.24. The van der Waals surface area contributed by atoms with E-state index >= 15 is 0 Å². The number of benzene rings is 1. The molecule has 3 aromatic rings. The van der Waals surface area contributed by atoms with E-state index < -0.39 is 6.23 Å². The van der Waals surface area contributed by atoms with Crippen molar-refractivity contribution >= 4 is 22.5 Å². The van der Waals surface area contributed by atoms with Gasteiger partial charge in [-0.1, -0.05) is 0 Å². The van der Waals surface area contributed by atoms with Gasteiger partial charge < -0.3 is 30.5 Å². The summed E-state index contributed by atoms with van der Waals surface area (Å²) in [5.74, 6) is 1.60. The molecule has 174 valence electrons. The van der Waals surface area contributed by atoms with Crippen molar-refractivity contribution in [2.45, 2.75) is 44.1 Å². The molecule has 1 aliphatic carbocycles. The molecular weight excluding hydrogens is 420 g/mol. The highest BCUT2D eigenvalue weighted by atomic mass is 16.5. The highest BCUT2D eigenvalue weighted by Gasteiger charge is 2.24. The van der Waals surface area contributed by atoms with Gasteiger partial charge in [-0.2, -0.15) is 0 Å². The fourth-order valence-corrected chi connectivity index (χ4v) is 4.50. The van der Waals surface area contributed by atoms with Gasteiger partial charge in [-0.05, 0) is 43.9 Å². The molecule has 0 bridgehead atoms. The van der Waals surface area contributed by atoms with E-state index in [1.807, 2.05) is 6.07 Å². The Hall–Kier alpha value is -3.01. The van der Waals surface area contributed by atoms with E-state index in [0.717, 1.165) is 80.3 Å². The maximum absolute atomic E-state index is 9.43. The Bertz CT molecular complexity index is 1060. The second-order valence-electron chi connectivity index (χ2n) is 8.62. The van der Waals surface area contributed by atoms with Crippen molar-refractivity contribution in [3.63, 3.8) is 0 Å². The molecule has 9 heteroatoms. The van der Waals surface area contributed by atoms with Gasteiger partial charge in [0.05, 0.1) is 24.8 Å². The van der Waals surface area contributed by atoms with Crippen molar-refractivity contribution < 1.29 is 14.6 Å². The zero-order valence-corrected chi connectivity index (χ0v) is 18.6. The lowest BCUT2D eigenvalue weighted by molar-refractivity contribution is 0.122. The Kier molecular flexibility index (Phi) is 6.52. The Morgan fingerprint density at radius 2 is 1.85 bits per heavy atom. The lowest BCUT2D eigenvalue weighted by Gasteiger charge is -2.31. The number of aromatic nitrogens is 3. The second kappa shape index (κ2) is 9.86. The predicted molar refractivity (Wildman–Crippen MR) is 126 cm³/mol. The maximum Gasteiger partial charge on any atom is 0.149 e. The summed E-state index contributed by atoms with van der Waals surface area (Å²) in [6.45, 7) is 3.19. The van der Waals surface area contributed by atoms with Gasteiger partial charge in [0.25, 0.3) is 0 Å². The van der Waals surface area contributed by atoms with Gasteiger partial charge in [0.15, 0.2) is 0 Å². The SMILES string of the molecule is NC(O)c1ccc(N[C@H]2CC[C@@H](Oc3cc(N4CCOCC4)cc4nccnc34)CC2)nc1. The number of fused-ring (bicyclic) bond motifs is 1. The Morgan fingerprint density at radius 3 is 2.58 bits per heavy atom. The third kappa shape index (κ3) is 5.16. The van der Waals surface area contributed by atoms with E-state index in [-0.39, 0.29) is 6.10 Å². The molecule has 0 spiro atoms. The van der Waals surface area contributed by atoms with Crippen molar-refractivity contribution in [2.75, 3.05) is 36.5 Å². The summed E-state index contributed by atoms with van der Waals surface area (Å²) < 4.78 is 12.0. The van der Waals surface area contributed by atoms with E-state index in [1.54, 1.807) is 24.7 Å². The summed E-state index contributed by atoms with van der Waals surface area (Å²) in [5.41, 5.74) is 8.84. The summed E-state index contributed by atoms with van der Waals surface area (Å²) in [6.07, 6.45) is 8.04. The van der Waals surface area contributed by atoms with E-state index in [4.69, 9.17) is 15.2 Å². The molecule has 2 fully saturated rings. The van der Waals surface area contributed by atoms with Crippen molar-refractivity contribution in [3.8, 4) is 5.75 Å². The largest absolute Gasteiger partial charge is 0.488 e. The van der Waals surface area contributed by atoms with E-state index in [2.05, 4.69) is 37.3 Å². The predicted octanol–water partition coefficient (Wildman–Crippen LogP) is 2.61. The van der Waals surface area contributed by atoms with Gasteiger partial charge in [-0.15, -0.1) is 0 Å². The first-order valence-electron chi connectivity index (χ1n) is 11.6. The standard InChI is InChI=1S/C24H30N6O3/c25-24(31)16-1-6-22(28-15-16)29-17-2-4-19(5-3-17)33-21-14-18(30-9-11-32-12-10-30)13-20-23(21)27-8-7-26-20/h1,6-8,13-15,17,19,24,31H,2-5,9-12,25H2,(H,28,29)/t17-,19+,24?. The van der Waals surface area contributed by atoms with Gasteiger partial charge >= 0.3 is 0 Å². The molecule has 4 N–H and O–H groups in total. The number of ether oxygens (including phenoxy) is 2. The van der Waals surface area contributed by atoms with Crippen LogP contribution in [0.3, 0.4) is 0 Å². The van der Waals surface area contributed by atoms with Crippen LogP contribution in [0.4, 0.5) is 11.5 Å². The van der Waals surface area contributed by atoms with Crippen LogP contribution in [0.25, 0.3) is 11.0 Å². The summed E-state index contributed by atoms with van der Waals surface area (Å²) in [4.78, 5) is 15.7. The van der Waals surface area contributed by atoms with Crippen LogP contribution in [0.15, 0.2) is 42.9 Å². The third-order valence-corrected chi connectivity index (χ3v) is 6.35. The number of rotatable bonds is 6. The number of morpholine rings is 1. The Labute approximate surface area is 193 Å². The number of pyridine rings is 1. The van der Waals surface area contributed by atoms with Gasteiger partial charge in [-0.3, -0.25) is 4.98 Å². The van der Waals surface area contributed by atoms with Crippen molar-refractivity contribution in [1.82, 2.24) is 15.0 Å². The van der Waals surface area contributed by atoms with Crippen LogP contribution in [0, 0.1) is 0 Å². The molecule has 1 unspecified atom stereocenters. The first kappa shape index (κ1) is 21.8. The van der Waals surface area contributed by atoms with Gasteiger partial charge in [0, 0.05) is 55.0 Å². The minimum absolute atomic E-state index is 0.135. The minimum atomic E-state index is -0.998. The zero-order chi connectivity index (χ0) is 22.6. The second-order valence-corrected chi connectivity index (χ2v) is 8.62. The van der Waals surface area contributed by atoms with E-state index in [9.17, 15) is 5.11 Å². The topological polar surface area (TPSA) is 119 Å². The number of hydrogen-bond acceptors (Lipinski definition) is 9. The molecule has 5 rings (SSSR count). The molecule has 33 heavy (non-hydrogen) atoms. The summed E-state index contributed by atoms with van der Waals surface area (Å²) in [6, 6.07) is 8.17. The number of aliphatic hydroxyl groups is 1. The third-order valence-electron chi connectivity index (χ3n) is 6.35. The fourth-order valence-electron chi connectivity index (χ4n) is 4.50. The number of aliphatic hydroxyl groups excluding tert-OH is 1.